The van der Waals surface area contributed by atoms with Gasteiger partial charge in [-0.3, -0.25) is 14.8 Å². The quantitative estimate of drug-likeness (QED) is 0.351. The maximum atomic E-state index is 12.5. The van der Waals surface area contributed by atoms with Gasteiger partial charge < -0.3 is 5.32 Å². The summed E-state index contributed by atoms with van der Waals surface area (Å²) >= 11 is 7.82. The molecule has 12 heteroatoms. The largest absolute Gasteiger partial charge is 0.332 e. The Labute approximate surface area is 187 Å². The van der Waals surface area contributed by atoms with Crippen molar-refractivity contribution in [3.05, 3.63) is 57.7 Å². The Balaban J connectivity index is 1.56. The van der Waals surface area contributed by atoms with E-state index < -0.39 is 10.0 Å². The molecule has 0 unspecified atom stereocenters. The van der Waals surface area contributed by atoms with Gasteiger partial charge in [-0.25, -0.2) is 8.42 Å². The zero-order valence-electron chi connectivity index (χ0n) is 15.7. The number of aryl methyl sites for hydroxylation is 1. The maximum absolute atomic E-state index is 12.5. The molecule has 0 aliphatic carbocycles. The van der Waals surface area contributed by atoms with E-state index in [2.05, 4.69) is 25.6 Å². The van der Waals surface area contributed by atoms with Crippen LogP contribution in [0.25, 0.3) is 6.08 Å². The highest BCUT2D eigenvalue weighted by Gasteiger charge is 2.16. The van der Waals surface area contributed by atoms with E-state index in [-0.39, 0.29) is 21.0 Å². The van der Waals surface area contributed by atoms with E-state index in [0.717, 1.165) is 9.88 Å². The number of rotatable bonds is 7. The Bertz CT molecular complexity index is 1150. The van der Waals surface area contributed by atoms with Gasteiger partial charge in [0.15, 0.2) is 5.11 Å². The minimum atomic E-state index is -3.78. The zero-order valence-corrected chi connectivity index (χ0v) is 18.9. The second kappa shape index (κ2) is 9.89. The molecule has 3 aromatic rings. The van der Waals surface area contributed by atoms with Gasteiger partial charge in [-0.2, -0.15) is 0 Å². The number of thiocarbonyl (C=S) groups is 1. The van der Waals surface area contributed by atoms with Crippen LogP contribution in [-0.2, 0) is 21.2 Å². The van der Waals surface area contributed by atoms with E-state index in [0.29, 0.717) is 12.1 Å². The molecule has 3 rings (SSSR count). The van der Waals surface area contributed by atoms with Gasteiger partial charge in [0, 0.05) is 16.6 Å². The fraction of sp³-hybridized carbons (Fsp3) is 0.111. The molecule has 30 heavy (non-hydrogen) atoms. The molecule has 0 saturated carbocycles. The summed E-state index contributed by atoms with van der Waals surface area (Å²) in [5, 5.41) is 16.1. The molecule has 1 aromatic carbocycles. The summed E-state index contributed by atoms with van der Waals surface area (Å²) in [4.78, 5) is 12.9. The lowest BCUT2D eigenvalue weighted by atomic mass is 10.3. The number of hydrogen-bond acceptors (Lipinski definition) is 8. The summed E-state index contributed by atoms with van der Waals surface area (Å²) in [5.74, 6) is -0.368. The number of thiophene rings is 1. The van der Waals surface area contributed by atoms with E-state index in [4.69, 9.17) is 12.2 Å². The van der Waals surface area contributed by atoms with Crippen LogP contribution < -0.4 is 15.4 Å². The van der Waals surface area contributed by atoms with Crippen LogP contribution in [0.2, 0.25) is 0 Å². The topological polar surface area (TPSA) is 113 Å². The SMILES string of the molecule is CCc1nnc(NS(=O)(=O)c2ccc(NC(=S)NC(=O)/C=C/c3cccs3)cc2)s1. The second-order valence-electron chi connectivity index (χ2n) is 5.78. The standard InChI is InChI=1S/C18H17N5O3S4/c1-2-16-21-22-18(29-16)23-30(25,26)14-8-5-12(6-9-14)19-17(27)20-15(24)10-7-13-4-3-11-28-13/h3-11H,2H2,1H3,(H,22,23)(H2,19,20,24,27)/b10-7+. The third-order valence-corrected chi connectivity index (χ3v) is 7.10. The predicted molar refractivity (Wildman–Crippen MR) is 124 cm³/mol. The van der Waals surface area contributed by atoms with Crippen molar-refractivity contribution in [1.82, 2.24) is 15.5 Å². The van der Waals surface area contributed by atoms with Gasteiger partial charge in [-0.1, -0.05) is 24.3 Å². The molecule has 8 nitrogen and oxygen atoms in total. The summed E-state index contributed by atoms with van der Waals surface area (Å²) in [7, 11) is -3.78. The van der Waals surface area contributed by atoms with Gasteiger partial charge in [0.2, 0.25) is 11.0 Å². The Morgan fingerprint density at radius 2 is 1.97 bits per heavy atom. The molecule has 0 spiro atoms. The van der Waals surface area contributed by atoms with Crippen molar-refractivity contribution in [3.8, 4) is 0 Å². The third kappa shape index (κ3) is 6.16. The van der Waals surface area contributed by atoms with Crippen molar-refractivity contribution >= 4 is 72.8 Å². The number of amides is 1. The van der Waals surface area contributed by atoms with E-state index in [1.165, 1.54) is 40.9 Å². The average Bonchev–Trinajstić information content (AvgIpc) is 3.38. The lowest BCUT2D eigenvalue weighted by Gasteiger charge is -2.09. The van der Waals surface area contributed by atoms with Crippen LogP contribution in [0.4, 0.5) is 10.8 Å². The van der Waals surface area contributed by atoms with Crippen molar-refractivity contribution in [2.75, 3.05) is 10.0 Å². The van der Waals surface area contributed by atoms with Crippen LogP contribution in [0.15, 0.2) is 52.7 Å². The summed E-state index contributed by atoms with van der Waals surface area (Å²) < 4.78 is 27.3. The molecule has 0 atom stereocenters. The Morgan fingerprint density at radius 1 is 1.20 bits per heavy atom. The first-order valence-electron chi connectivity index (χ1n) is 8.64. The molecule has 0 aliphatic rings. The number of nitrogens with one attached hydrogen (secondary N) is 3. The Hall–Kier alpha value is -2.67. The average molecular weight is 480 g/mol. The first-order valence-corrected chi connectivity index (χ1v) is 12.2. The molecule has 2 heterocycles. The molecule has 156 valence electrons. The van der Waals surface area contributed by atoms with Gasteiger partial charge in [-0.05, 0) is 60.4 Å². The van der Waals surface area contributed by atoms with Crippen LogP contribution in [0, 0.1) is 0 Å². The van der Waals surface area contributed by atoms with Gasteiger partial charge in [0.25, 0.3) is 10.0 Å². The number of anilines is 2. The van der Waals surface area contributed by atoms with Gasteiger partial charge in [-0.15, -0.1) is 21.5 Å². The van der Waals surface area contributed by atoms with Crippen LogP contribution in [0.5, 0.6) is 0 Å². The number of carbonyl (C=O) groups is 1. The number of sulfonamides is 1. The minimum absolute atomic E-state index is 0.0649. The van der Waals surface area contributed by atoms with E-state index in [1.807, 2.05) is 24.4 Å². The lowest BCUT2D eigenvalue weighted by Crippen LogP contribution is -2.32. The fourth-order valence-corrected chi connectivity index (χ4v) is 4.93. The monoisotopic (exact) mass is 479 g/mol. The van der Waals surface area contributed by atoms with E-state index in [1.54, 1.807) is 18.2 Å². The zero-order chi connectivity index (χ0) is 21.6. The molecule has 0 fully saturated rings. The summed E-state index contributed by atoms with van der Waals surface area (Å²) in [6.07, 6.45) is 3.76. The van der Waals surface area contributed by atoms with E-state index >= 15 is 0 Å². The highest BCUT2D eigenvalue weighted by Crippen LogP contribution is 2.21. The van der Waals surface area contributed by atoms with Gasteiger partial charge in [0.05, 0.1) is 4.90 Å². The molecule has 0 aliphatic heterocycles. The molecule has 3 N–H and O–H groups in total. The molecule has 0 bridgehead atoms. The van der Waals surface area contributed by atoms with Crippen LogP contribution in [0.3, 0.4) is 0 Å². The normalized spacial score (nSPS) is 11.4. The Morgan fingerprint density at radius 3 is 2.60 bits per heavy atom. The van der Waals surface area contributed by atoms with Crippen LogP contribution in [0.1, 0.15) is 16.8 Å². The molecule has 1 amide bonds. The summed E-state index contributed by atoms with van der Waals surface area (Å²) in [6, 6.07) is 9.73. The first-order chi connectivity index (χ1) is 14.4. The van der Waals surface area contributed by atoms with Crippen molar-refractivity contribution in [2.45, 2.75) is 18.2 Å². The number of carbonyl (C=O) groups excluding carboxylic acids is 1. The molecule has 2 aromatic heterocycles. The highest BCUT2D eigenvalue weighted by atomic mass is 32.2. The Kier molecular flexibility index (Phi) is 7.26. The molecule has 0 saturated heterocycles. The third-order valence-electron chi connectivity index (χ3n) is 3.59. The number of nitrogens with zero attached hydrogens (tertiary/aromatic N) is 2. The minimum Gasteiger partial charge on any atom is -0.332 e. The number of aromatic nitrogens is 2. The van der Waals surface area contributed by atoms with Gasteiger partial charge in [0.1, 0.15) is 5.01 Å². The smallest absolute Gasteiger partial charge is 0.263 e. The van der Waals surface area contributed by atoms with Crippen molar-refractivity contribution < 1.29 is 13.2 Å². The fourth-order valence-electron chi connectivity index (χ4n) is 2.19. The van der Waals surface area contributed by atoms with Crippen LogP contribution in [-0.4, -0.2) is 29.6 Å². The first kappa shape index (κ1) is 22.0. The molecular formula is C18H17N5O3S4. The highest BCUT2D eigenvalue weighted by molar-refractivity contribution is 7.93. The molecular weight excluding hydrogens is 462 g/mol. The van der Waals surface area contributed by atoms with Crippen LogP contribution >= 0.6 is 34.9 Å². The number of benzene rings is 1. The van der Waals surface area contributed by atoms with Crippen molar-refractivity contribution in [3.63, 3.8) is 0 Å². The van der Waals surface area contributed by atoms with Crippen molar-refractivity contribution in [2.24, 2.45) is 0 Å². The van der Waals surface area contributed by atoms with E-state index in [9.17, 15) is 13.2 Å². The maximum Gasteiger partial charge on any atom is 0.263 e. The second-order valence-corrected chi connectivity index (χ2v) is 9.91. The predicted octanol–water partition coefficient (Wildman–Crippen LogP) is 3.49. The summed E-state index contributed by atoms with van der Waals surface area (Å²) in [5.41, 5.74) is 0.533. The molecule has 0 radical (unpaired) electrons. The lowest BCUT2D eigenvalue weighted by molar-refractivity contribution is -0.115. The van der Waals surface area contributed by atoms with Gasteiger partial charge >= 0.3 is 0 Å². The number of hydrogen-bond donors (Lipinski definition) is 3. The van der Waals surface area contributed by atoms with Crippen molar-refractivity contribution in [1.29, 1.82) is 0 Å². The summed E-state index contributed by atoms with van der Waals surface area (Å²) in [6.45, 7) is 1.91.